The highest BCUT2D eigenvalue weighted by Gasteiger charge is 2.35. The van der Waals surface area contributed by atoms with E-state index in [4.69, 9.17) is 0 Å². The van der Waals surface area contributed by atoms with E-state index in [0.717, 1.165) is 23.5 Å². The molecule has 1 saturated heterocycles. The van der Waals surface area contributed by atoms with Crippen LogP contribution >= 0.6 is 11.3 Å². The maximum atomic E-state index is 14.1. The van der Waals surface area contributed by atoms with Gasteiger partial charge >= 0.3 is 6.09 Å². The van der Waals surface area contributed by atoms with E-state index in [0.29, 0.717) is 30.9 Å². The Kier molecular flexibility index (Phi) is 7.21. The third-order valence-electron chi connectivity index (χ3n) is 6.30. The SMILES string of the molecule is CC(C)(C)C1CC(NC(=O)O)CN(c2ccncc2NC(=O)c2csc(-c3c(F)cccc3F)n2)C1. The monoisotopic (exact) mass is 515 g/mol. The highest BCUT2D eigenvalue weighted by atomic mass is 32.1. The van der Waals surface area contributed by atoms with Gasteiger partial charge in [0.2, 0.25) is 0 Å². The second kappa shape index (κ2) is 10.2. The predicted octanol–water partition coefficient (Wildman–Crippen LogP) is 5.24. The van der Waals surface area contributed by atoms with E-state index in [1.165, 1.54) is 17.6 Å². The molecule has 190 valence electrons. The molecule has 1 aliphatic heterocycles. The fraction of sp³-hybridized carbons (Fsp3) is 0.360. The van der Waals surface area contributed by atoms with Gasteiger partial charge in [0.05, 0.1) is 29.2 Å². The van der Waals surface area contributed by atoms with E-state index < -0.39 is 23.6 Å². The number of halogens is 2. The van der Waals surface area contributed by atoms with Crippen molar-refractivity contribution in [3.05, 3.63) is 59.4 Å². The molecule has 3 aromatic rings. The molecule has 0 radical (unpaired) electrons. The molecule has 2 unspecified atom stereocenters. The summed E-state index contributed by atoms with van der Waals surface area (Å²) < 4.78 is 28.3. The van der Waals surface area contributed by atoms with Crippen LogP contribution in [-0.2, 0) is 0 Å². The number of pyridine rings is 1. The largest absolute Gasteiger partial charge is 0.465 e. The van der Waals surface area contributed by atoms with Gasteiger partial charge in [-0.2, -0.15) is 0 Å². The Labute approximate surface area is 211 Å². The van der Waals surface area contributed by atoms with Gasteiger partial charge in [0.15, 0.2) is 0 Å². The zero-order valence-electron chi connectivity index (χ0n) is 20.1. The number of aromatic nitrogens is 2. The first-order valence-corrected chi connectivity index (χ1v) is 12.3. The minimum Gasteiger partial charge on any atom is -0.465 e. The van der Waals surface area contributed by atoms with Crippen LogP contribution in [0.2, 0.25) is 0 Å². The lowest BCUT2D eigenvalue weighted by Crippen LogP contribution is -2.53. The molecule has 2 atom stereocenters. The number of carbonyl (C=O) groups is 2. The summed E-state index contributed by atoms with van der Waals surface area (Å²) in [6.45, 7) is 7.45. The molecule has 0 aliphatic carbocycles. The van der Waals surface area contributed by atoms with E-state index >= 15 is 0 Å². The van der Waals surface area contributed by atoms with Crippen LogP contribution in [0.5, 0.6) is 0 Å². The van der Waals surface area contributed by atoms with Crippen LogP contribution in [0.3, 0.4) is 0 Å². The summed E-state index contributed by atoms with van der Waals surface area (Å²) in [5.74, 6) is -1.87. The highest BCUT2D eigenvalue weighted by Crippen LogP contribution is 2.37. The van der Waals surface area contributed by atoms with Crippen molar-refractivity contribution in [2.24, 2.45) is 11.3 Å². The number of benzene rings is 1. The van der Waals surface area contributed by atoms with E-state index in [2.05, 4.69) is 41.4 Å². The lowest BCUT2D eigenvalue weighted by molar-refractivity contribution is 0.102. The molecule has 11 heteroatoms. The van der Waals surface area contributed by atoms with Gasteiger partial charge in [0.25, 0.3) is 5.91 Å². The van der Waals surface area contributed by atoms with Crippen LogP contribution in [0.4, 0.5) is 25.0 Å². The van der Waals surface area contributed by atoms with Crippen molar-refractivity contribution in [2.45, 2.75) is 33.2 Å². The number of piperidine rings is 1. The number of nitrogens with zero attached hydrogens (tertiary/aromatic N) is 3. The number of anilines is 2. The van der Waals surface area contributed by atoms with Crippen molar-refractivity contribution in [3.63, 3.8) is 0 Å². The fourth-order valence-electron chi connectivity index (χ4n) is 4.34. The third-order valence-corrected chi connectivity index (χ3v) is 7.16. The van der Waals surface area contributed by atoms with Crippen LogP contribution in [0.15, 0.2) is 42.0 Å². The minimum atomic E-state index is -1.08. The lowest BCUT2D eigenvalue weighted by Gasteiger charge is -2.44. The van der Waals surface area contributed by atoms with Crippen LogP contribution in [0.1, 0.15) is 37.7 Å². The standard InChI is InChI=1S/C25H27F2N5O3S/c1-25(2,3)14-9-15(29-24(34)35)12-32(11-14)20-7-8-28-10-18(20)30-22(33)19-13-36-23(31-19)21-16(26)5-4-6-17(21)27/h4-8,10,13-15,29H,9,11-12H2,1-3H3,(H,30,33)(H,34,35). The molecule has 2 aromatic heterocycles. The molecule has 1 aromatic carbocycles. The molecule has 1 aliphatic rings. The Morgan fingerprint density at radius 1 is 1.17 bits per heavy atom. The number of thiazole rings is 1. The van der Waals surface area contributed by atoms with Gasteiger partial charge in [-0.1, -0.05) is 26.8 Å². The second-order valence-electron chi connectivity index (χ2n) is 9.83. The average molecular weight is 516 g/mol. The van der Waals surface area contributed by atoms with Crippen LogP contribution < -0.4 is 15.5 Å². The van der Waals surface area contributed by atoms with Crippen molar-refractivity contribution < 1.29 is 23.5 Å². The summed E-state index contributed by atoms with van der Waals surface area (Å²) in [7, 11) is 0. The van der Waals surface area contributed by atoms with Crippen molar-refractivity contribution in [3.8, 4) is 10.6 Å². The molecule has 2 amide bonds. The topological polar surface area (TPSA) is 107 Å². The Morgan fingerprint density at radius 2 is 1.89 bits per heavy atom. The Balaban J connectivity index is 1.58. The summed E-state index contributed by atoms with van der Waals surface area (Å²) >= 11 is 0.969. The number of carboxylic acid groups (broad SMARTS) is 1. The summed E-state index contributed by atoms with van der Waals surface area (Å²) in [4.78, 5) is 34.7. The molecule has 0 bridgehead atoms. The van der Waals surface area contributed by atoms with Gasteiger partial charge in [-0.05, 0) is 36.0 Å². The predicted molar refractivity (Wildman–Crippen MR) is 134 cm³/mol. The number of hydrogen-bond acceptors (Lipinski definition) is 6. The van der Waals surface area contributed by atoms with Crippen molar-refractivity contribution in [1.82, 2.24) is 15.3 Å². The molecule has 0 saturated carbocycles. The van der Waals surface area contributed by atoms with Crippen LogP contribution in [-0.4, -0.2) is 46.2 Å². The zero-order chi connectivity index (χ0) is 26.0. The van der Waals surface area contributed by atoms with E-state index in [1.807, 2.05) is 4.90 Å². The van der Waals surface area contributed by atoms with E-state index in [-0.39, 0.29) is 33.6 Å². The van der Waals surface area contributed by atoms with E-state index in [1.54, 1.807) is 12.3 Å². The summed E-state index contributed by atoms with van der Waals surface area (Å²) in [5, 5.41) is 16.2. The zero-order valence-corrected chi connectivity index (χ0v) is 20.9. The maximum absolute atomic E-state index is 14.1. The molecule has 1 fully saturated rings. The highest BCUT2D eigenvalue weighted by molar-refractivity contribution is 7.13. The normalized spacial score (nSPS) is 18.1. The third kappa shape index (κ3) is 5.62. The Bertz CT molecular complexity index is 1260. The number of carbonyl (C=O) groups excluding carboxylic acids is 1. The average Bonchev–Trinajstić information content (AvgIpc) is 3.28. The van der Waals surface area contributed by atoms with Gasteiger partial charge in [-0.25, -0.2) is 18.6 Å². The van der Waals surface area contributed by atoms with Gasteiger partial charge in [0, 0.05) is 24.7 Å². The summed E-state index contributed by atoms with van der Waals surface area (Å²) in [6, 6.07) is 5.02. The first-order valence-electron chi connectivity index (χ1n) is 11.4. The minimum absolute atomic E-state index is 0.0177. The van der Waals surface area contributed by atoms with Crippen LogP contribution in [0, 0.1) is 23.0 Å². The molecule has 4 rings (SSSR count). The molecule has 3 N–H and O–H groups in total. The van der Waals surface area contributed by atoms with Crippen molar-refractivity contribution in [1.29, 1.82) is 0 Å². The van der Waals surface area contributed by atoms with Crippen LogP contribution in [0.25, 0.3) is 10.6 Å². The number of amides is 2. The van der Waals surface area contributed by atoms with Gasteiger partial charge in [-0.3, -0.25) is 9.78 Å². The number of rotatable bonds is 5. The molecule has 36 heavy (non-hydrogen) atoms. The smallest absolute Gasteiger partial charge is 0.404 e. The van der Waals surface area contributed by atoms with Gasteiger partial charge in [-0.15, -0.1) is 11.3 Å². The lowest BCUT2D eigenvalue weighted by atomic mass is 9.75. The molecule has 8 nitrogen and oxygen atoms in total. The Morgan fingerprint density at radius 3 is 2.56 bits per heavy atom. The van der Waals surface area contributed by atoms with Gasteiger partial charge in [0.1, 0.15) is 22.3 Å². The second-order valence-corrected chi connectivity index (χ2v) is 10.7. The number of nitrogens with one attached hydrogen (secondary N) is 2. The van der Waals surface area contributed by atoms with Crippen molar-refractivity contribution in [2.75, 3.05) is 23.3 Å². The summed E-state index contributed by atoms with van der Waals surface area (Å²) in [5.41, 5.74) is 0.802. The molecular weight excluding hydrogens is 488 g/mol. The first-order chi connectivity index (χ1) is 17.0. The molecule has 0 spiro atoms. The first kappa shape index (κ1) is 25.5. The maximum Gasteiger partial charge on any atom is 0.404 e. The van der Waals surface area contributed by atoms with Gasteiger partial charge < -0.3 is 20.6 Å². The van der Waals surface area contributed by atoms with Crippen molar-refractivity contribution >= 4 is 34.7 Å². The quantitative estimate of drug-likeness (QED) is 0.429. The van der Waals surface area contributed by atoms with E-state index in [9.17, 15) is 23.5 Å². The Hall–Kier alpha value is -3.60. The molecular formula is C25H27F2N5O3S. The fourth-order valence-corrected chi connectivity index (χ4v) is 5.19. The summed E-state index contributed by atoms with van der Waals surface area (Å²) in [6.07, 6.45) is 2.74. The number of hydrogen-bond donors (Lipinski definition) is 3. The molecule has 3 heterocycles.